The van der Waals surface area contributed by atoms with Crippen LogP contribution in [-0.4, -0.2) is 9.13 Å². The molecule has 0 amide bonds. The minimum Gasteiger partial charge on any atom is -0.147 e. The predicted octanol–water partition coefficient (Wildman–Crippen LogP) is 7.09. The van der Waals surface area contributed by atoms with Crippen LogP contribution in [0.5, 0.6) is 0 Å². The largest absolute Gasteiger partial charge is 0.147 e. The molecule has 0 saturated heterocycles. The van der Waals surface area contributed by atoms with Crippen molar-refractivity contribution in [3.05, 3.63) is 57.8 Å². The zero-order chi connectivity index (χ0) is 20.2. The van der Waals surface area contributed by atoms with Crippen LogP contribution in [0.3, 0.4) is 0 Å². The number of aromatic nitrogens is 2. The van der Waals surface area contributed by atoms with E-state index in [2.05, 4.69) is 87.9 Å². The van der Waals surface area contributed by atoms with Gasteiger partial charge in [-0.15, -0.1) is 12.4 Å². The minimum absolute atomic E-state index is 0. The van der Waals surface area contributed by atoms with E-state index in [4.69, 9.17) is 0 Å². The van der Waals surface area contributed by atoms with Crippen molar-refractivity contribution in [3.8, 4) is 5.69 Å². The first-order valence-corrected chi connectivity index (χ1v) is 12.5. The van der Waals surface area contributed by atoms with E-state index in [1.54, 1.807) is 0 Å². The number of halogens is 1. The van der Waals surface area contributed by atoms with Crippen molar-refractivity contribution in [2.24, 2.45) is 23.2 Å². The zero-order valence-corrected chi connectivity index (χ0v) is 21.0. The van der Waals surface area contributed by atoms with Gasteiger partial charge in [-0.25, -0.2) is 0 Å². The van der Waals surface area contributed by atoms with E-state index in [1.165, 1.54) is 39.1 Å². The van der Waals surface area contributed by atoms with Gasteiger partial charge in [0.15, 0.2) is 0 Å². The smallest absolute Gasteiger partial charge is 0.147 e. The number of allylic oxidation sites excluding steroid dienone is 1. The summed E-state index contributed by atoms with van der Waals surface area (Å²) in [6.07, 6.45) is 9.54. The van der Waals surface area contributed by atoms with Gasteiger partial charge in [0, 0.05) is 0 Å². The summed E-state index contributed by atoms with van der Waals surface area (Å²) in [5, 5.41) is 0. The van der Waals surface area contributed by atoms with Gasteiger partial charge in [0.2, 0.25) is 0 Å². The molecular formula is C25H36ClN2Pd. The maximum absolute atomic E-state index is 4.00. The third kappa shape index (κ3) is 3.69. The van der Waals surface area contributed by atoms with Crippen molar-refractivity contribution in [2.45, 2.75) is 65.3 Å². The second-order valence-corrected chi connectivity index (χ2v) is 11.5. The van der Waals surface area contributed by atoms with Gasteiger partial charge in [-0.2, -0.15) is 0 Å². The molecule has 3 saturated carbocycles. The fraction of sp³-hybridized carbons (Fsp3) is 0.560. The molecule has 3 fully saturated rings. The summed E-state index contributed by atoms with van der Waals surface area (Å²) >= 11 is 0.525. The van der Waals surface area contributed by atoms with Crippen LogP contribution in [0.1, 0.15) is 56.3 Å². The first-order valence-electron chi connectivity index (χ1n) is 10.6. The minimum atomic E-state index is 0. The summed E-state index contributed by atoms with van der Waals surface area (Å²) in [6, 6.07) is 5.27. The molecule has 0 radical (unpaired) electrons. The van der Waals surface area contributed by atoms with Crippen LogP contribution in [0, 0.1) is 47.8 Å². The second-order valence-electron chi connectivity index (χ2n) is 9.62. The molecular weight excluding hydrogens is 470 g/mol. The van der Waals surface area contributed by atoms with Gasteiger partial charge in [0.25, 0.3) is 0 Å². The average Bonchev–Trinajstić information content (AvgIpc) is 3.02. The molecule has 0 unspecified atom stereocenters. The first-order chi connectivity index (χ1) is 13.3. The molecule has 0 spiro atoms. The number of imidazole rings is 1. The van der Waals surface area contributed by atoms with Crippen LogP contribution in [-0.2, 0) is 17.5 Å². The zero-order valence-electron chi connectivity index (χ0n) is 18.6. The molecule has 1 aromatic heterocycles. The molecule has 2 bridgehead atoms. The van der Waals surface area contributed by atoms with Crippen LogP contribution < -0.4 is 0 Å². The summed E-state index contributed by atoms with van der Waals surface area (Å²) in [5.41, 5.74) is 5.99. The van der Waals surface area contributed by atoms with Crippen LogP contribution >= 0.6 is 12.4 Å². The Labute approximate surface area is 190 Å². The van der Waals surface area contributed by atoms with Gasteiger partial charge in [-0.05, 0) is 0 Å². The Morgan fingerprint density at radius 3 is 2.34 bits per heavy atom. The third-order valence-electron chi connectivity index (χ3n) is 7.56. The summed E-state index contributed by atoms with van der Waals surface area (Å²) in [5.74, 6) is 2.50. The van der Waals surface area contributed by atoms with Crippen LogP contribution in [0.15, 0.2) is 37.2 Å². The standard InChI is InChI=1S/C22H30N2.C3H5.ClH.Pd/c1-14-9-15(2)21(16(3)10-14)24-8-7-23(13-24)20-12-18-11-19(17(20)4)22(18,5)6;1-3-2;;/h7-10,17-20H,11-12H2,1-6H3;3H,1-2H2;1H;/t17-,18+,19+,20-;;;/m0.../s1. The molecule has 0 N–H and O–H groups in total. The van der Waals surface area contributed by atoms with E-state index in [0.717, 1.165) is 22.6 Å². The number of fused-ring (bicyclic) bond motifs is 2. The van der Waals surface area contributed by atoms with E-state index in [9.17, 15) is 0 Å². The molecule has 3 aliphatic rings. The van der Waals surface area contributed by atoms with Gasteiger partial charge < -0.3 is 0 Å². The normalized spacial score (nSPS) is 28.4. The fourth-order valence-electron chi connectivity index (χ4n) is 6.03. The first kappa shape index (κ1) is 22.8. The van der Waals surface area contributed by atoms with Crippen molar-refractivity contribution in [1.29, 1.82) is 0 Å². The third-order valence-corrected chi connectivity index (χ3v) is 9.59. The van der Waals surface area contributed by atoms with E-state index in [0.29, 0.717) is 29.0 Å². The molecule has 0 aliphatic heterocycles. The SMILES string of the molecule is C=C[CH2]/[Pd]=[c]1\n(-c2c(C)cc(C)cc2C)ccn1[C@H]1C[C@H]2C[C@H]([C@@H]1C)C2(C)C.Cl. The Morgan fingerprint density at radius 1 is 1.14 bits per heavy atom. The number of aryl methyl sites for hydroxylation is 3. The van der Waals surface area contributed by atoms with E-state index >= 15 is 0 Å². The number of hydrogen-bond acceptors (Lipinski definition) is 0. The predicted molar refractivity (Wildman–Crippen MR) is 122 cm³/mol. The summed E-state index contributed by atoms with van der Waals surface area (Å²) in [7, 11) is 0. The van der Waals surface area contributed by atoms with Crippen LogP contribution in [0.2, 0.25) is 4.89 Å². The topological polar surface area (TPSA) is 9.86 Å². The van der Waals surface area contributed by atoms with Gasteiger partial charge >= 0.3 is 179 Å². The molecule has 2 nitrogen and oxygen atoms in total. The number of nitrogens with zero attached hydrogens (tertiary/aromatic N) is 2. The van der Waals surface area contributed by atoms with Crippen molar-refractivity contribution in [3.63, 3.8) is 0 Å². The molecule has 5 rings (SSSR count). The van der Waals surface area contributed by atoms with Crippen molar-refractivity contribution in [1.82, 2.24) is 9.13 Å². The molecule has 163 valence electrons. The van der Waals surface area contributed by atoms with Crippen molar-refractivity contribution < 1.29 is 17.5 Å². The summed E-state index contributed by atoms with van der Waals surface area (Å²) < 4.78 is 6.62. The Morgan fingerprint density at radius 2 is 1.79 bits per heavy atom. The van der Waals surface area contributed by atoms with Gasteiger partial charge in [0.1, 0.15) is 0 Å². The van der Waals surface area contributed by atoms with Crippen molar-refractivity contribution in [2.75, 3.05) is 0 Å². The van der Waals surface area contributed by atoms with E-state index in [-0.39, 0.29) is 12.4 Å². The van der Waals surface area contributed by atoms with Crippen molar-refractivity contribution >= 4 is 12.4 Å². The summed E-state index contributed by atoms with van der Waals surface area (Å²) in [6.45, 7) is 18.2. The number of rotatable bonds is 4. The maximum Gasteiger partial charge on any atom is -0.147 e. The van der Waals surface area contributed by atoms with Gasteiger partial charge in [0.05, 0.1) is 0 Å². The molecule has 1 aromatic carbocycles. The molecule has 2 aromatic rings. The van der Waals surface area contributed by atoms with E-state index < -0.39 is 0 Å². The second kappa shape index (κ2) is 8.33. The maximum atomic E-state index is 4.00. The van der Waals surface area contributed by atoms with Crippen LogP contribution in [0.4, 0.5) is 0 Å². The number of hydrogen-bond donors (Lipinski definition) is 0. The summed E-state index contributed by atoms with van der Waals surface area (Å²) in [4.78, 5) is 1.07. The monoisotopic (exact) mass is 505 g/mol. The van der Waals surface area contributed by atoms with E-state index in [1.807, 2.05) is 0 Å². The average molecular weight is 506 g/mol. The molecule has 4 heteroatoms. The van der Waals surface area contributed by atoms with Gasteiger partial charge in [-0.1, -0.05) is 0 Å². The molecule has 1 heterocycles. The Bertz CT molecular complexity index is 958. The van der Waals surface area contributed by atoms with Crippen LogP contribution in [0.25, 0.3) is 5.69 Å². The Balaban J connectivity index is 0.00000240. The number of benzene rings is 1. The van der Waals surface area contributed by atoms with Gasteiger partial charge in [-0.3, -0.25) is 0 Å². The Hall–Kier alpha value is -0.878. The molecule has 29 heavy (non-hydrogen) atoms. The molecule has 3 aliphatic carbocycles. The molecule has 4 atom stereocenters. The fourth-order valence-corrected chi connectivity index (χ4v) is 7.75. The Kier molecular flexibility index (Phi) is 6.55. The quantitative estimate of drug-likeness (QED) is 0.310.